The van der Waals surface area contributed by atoms with Crippen LogP contribution in [0.3, 0.4) is 0 Å². The first kappa shape index (κ1) is 20.0. The molecular weight excluding hydrogens is 425 g/mol. The van der Waals surface area contributed by atoms with Crippen LogP contribution in [0.25, 0.3) is 5.65 Å². The normalized spacial score (nSPS) is 16.2. The van der Waals surface area contributed by atoms with Gasteiger partial charge >= 0.3 is 0 Å². The number of hydrogen-bond acceptors (Lipinski definition) is 2. The average Bonchev–Trinajstić information content (AvgIpc) is 2.96. The Morgan fingerprint density at radius 1 is 1.28 bits per heavy atom. The molecule has 0 aromatic carbocycles. The van der Waals surface area contributed by atoms with E-state index in [1.807, 2.05) is 12.1 Å². The molecule has 6 heteroatoms. The summed E-state index contributed by atoms with van der Waals surface area (Å²) in [5.41, 5.74) is 3.65. The number of nitrogens with zero attached hydrogens (tertiary/aromatic N) is 3. The van der Waals surface area contributed by atoms with Gasteiger partial charge in [0.1, 0.15) is 5.65 Å². The van der Waals surface area contributed by atoms with Crippen molar-refractivity contribution in [1.82, 2.24) is 20.0 Å². The third-order valence-corrected chi connectivity index (χ3v) is 5.28. The lowest BCUT2D eigenvalue weighted by molar-refractivity contribution is 0.131. The van der Waals surface area contributed by atoms with Gasteiger partial charge in [0.15, 0.2) is 5.96 Å². The van der Waals surface area contributed by atoms with Crippen molar-refractivity contribution < 1.29 is 0 Å². The summed E-state index contributed by atoms with van der Waals surface area (Å²) < 4.78 is 2.12. The fourth-order valence-corrected chi connectivity index (χ4v) is 3.38. The Balaban J connectivity index is 0.00000225. The quantitative estimate of drug-likeness (QED) is 0.395. The summed E-state index contributed by atoms with van der Waals surface area (Å²) in [6.45, 7) is 8.97. The van der Waals surface area contributed by atoms with Gasteiger partial charge in [0.2, 0.25) is 0 Å². The molecule has 0 radical (unpaired) electrons. The molecule has 0 spiro atoms. The van der Waals surface area contributed by atoms with Gasteiger partial charge in [0.25, 0.3) is 0 Å². The van der Waals surface area contributed by atoms with Crippen LogP contribution in [-0.4, -0.2) is 28.4 Å². The van der Waals surface area contributed by atoms with Crippen molar-refractivity contribution in [2.24, 2.45) is 10.4 Å². The number of rotatable bonds is 6. The van der Waals surface area contributed by atoms with Gasteiger partial charge < -0.3 is 15.0 Å². The molecule has 0 atom stereocenters. The highest BCUT2D eigenvalue weighted by Crippen LogP contribution is 2.42. The van der Waals surface area contributed by atoms with E-state index < -0.39 is 0 Å². The molecule has 2 N–H and O–H groups in total. The van der Waals surface area contributed by atoms with Gasteiger partial charge in [-0.3, -0.25) is 0 Å². The van der Waals surface area contributed by atoms with Crippen LogP contribution < -0.4 is 10.6 Å². The highest BCUT2D eigenvalue weighted by atomic mass is 127. The lowest BCUT2D eigenvalue weighted by Crippen LogP contribution is -2.46. The Morgan fingerprint density at radius 2 is 2.08 bits per heavy atom. The Labute approximate surface area is 167 Å². The Bertz CT molecular complexity index is 712. The molecule has 1 saturated carbocycles. The van der Waals surface area contributed by atoms with Crippen LogP contribution in [0.5, 0.6) is 0 Å². The molecule has 0 amide bonds. The molecule has 1 fully saturated rings. The van der Waals surface area contributed by atoms with Gasteiger partial charge in [0, 0.05) is 25.0 Å². The number of guanidine groups is 1. The molecule has 3 rings (SSSR count). The molecule has 25 heavy (non-hydrogen) atoms. The SMILES string of the molecule is CCNC(=NCc1cn2c(C)cccc2n1)NCC1(CC)CCC1.I. The number of aryl methyl sites for hydroxylation is 1. The second kappa shape index (κ2) is 8.87. The zero-order valence-corrected chi connectivity index (χ0v) is 17.8. The van der Waals surface area contributed by atoms with E-state index in [1.54, 1.807) is 0 Å². The molecule has 2 heterocycles. The molecular formula is C19H30IN5. The van der Waals surface area contributed by atoms with Gasteiger partial charge in [-0.05, 0) is 50.7 Å². The van der Waals surface area contributed by atoms with Crippen LogP contribution in [0.15, 0.2) is 29.4 Å². The molecule has 0 bridgehead atoms. The first-order valence-electron chi connectivity index (χ1n) is 9.11. The zero-order valence-electron chi connectivity index (χ0n) is 15.5. The highest BCUT2D eigenvalue weighted by Gasteiger charge is 2.34. The fourth-order valence-electron chi connectivity index (χ4n) is 3.38. The minimum absolute atomic E-state index is 0. The zero-order chi connectivity index (χ0) is 17.0. The maximum atomic E-state index is 4.72. The number of fused-ring (bicyclic) bond motifs is 1. The van der Waals surface area contributed by atoms with Crippen molar-refractivity contribution in [2.45, 2.75) is 53.0 Å². The van der Waals surface area contributed by atoms with Crippen molar-refractivity contribution in [3.8, 4) is 0 Å². The first-order valence-corrected chi connectivity index (χ1v) is 9.11. The minimum atomic E-state index is 0. The molecule has 2 aromatic rings. The third kappa shape index (κ3) is 4.65. The van der Waals surface area contributed by atoms with E-state index >= 15 is 0 Å². The number of aromatic nitrogens is 2. The van der Waals surface area contributed by atoms with Crippen LogP contribution in [-0.2, 0) is 6.54 Å². The van der Waals surface area contributed by atoms with Gasteiger partial charge in [0.05, 0.1) is 12.2 Å². The molecule has 2 aromatic heterocycles. The summed E-state index contributed by atoms with van der Waals surface area (Å²) in [6, 6.07) is 6.17. The lowest BCUT2D eigenvalue weighted by atomic mass is 9.67. The van der Waals surface area contributed by atoms with E-state index in [2.05, 4.69) is 53.1 Å². The fraction of sp³-hybridized carbons (Fsp3) is 0.579. The van der Waals surface area contributed by atoms with E-state index in [1.165, 1.54) is 31.4 Å². The van der Waals surface area contributed by atoms with E-state index in [0.717, 1.165) is 30.4 Å². The molecule has 1 aliphatic carbocycles. The predicted molar refractivity (Wildman–Crippen MR) is 115 cm³/mol. The second-order valence-corrected chi connectivity index (χ2v) is 6.88. The van der Waals surface area contributed by atoms with Crippen LogP contribution in [0, 0.1) is 12.3 Å². The maximum Gasteiger partial charge on any atom is 0.191 e. The lowest BCUT2D eigenvalue weighted by Gasteiger charge is -2.41. The van der Waals surface area contributed by atoms with E-state index in [4.69, 9.17) is 4.99 Å². The monoisotopic (exact) mass is 455 g/mol. The summed E-state index contributed by atoms with van der Waals surface area (Å²) in [5.74, 6) is 0.894. The molecule has 0 aliphatic heterocycles. The third-order valence-electron chi connectivity index (χ3n) is 5.28. The number of imidazole rings is 1. The summed E-state index contributed by atoms with van der Waals surface area (Å²) in [6.07, 6.45) is 7.36. The van der Waals surface area contributed by atoms with Crippen molar-refractivity contribution in [1.29, 1.82) is 0 Å². The summed E-state index contributed by atoms with van der Waals surface area (Å²) >= 11 is 0. The topological polar surface area (TPSA) is 53.7 Å². The minimum Gasteiger partial charge on any atom is -0.357 e. The molecule has 5 nitrogen and oxygen atoms in total. The Hall–Kier alpha value is -1.31. The largest absolute Gasteiger partial charge is 0.357 e. The van der Waals surface area contributed by atoms with Crippen LogP contribution in [0.4, 0.5) is 0 Å². The predicted octanol–water partition coefficient (Wildman–Crippen LogP) is 3.90. The van der Waals surface area contributed by atoms with Crippen molar-refractivity contribution in [3.05, 3.63) is 35.8 Å². The van der Waals surface area contributed by atoms with Crippen LogP contribution in [0.1, 0.15) is 50.9 Å². The standard InChI is InChI=1S/C19H29N5.HI/c1-4-19(10-7-11-19)14-22-18(20-5-2)21-12-16-13-24-15(3)8-6-9-17(24)23-16;/h6,8-9,13H,4-5,7,10-12,14H2,1-3H3,(H2,20,21,22);1H. The van der Waals surface area contributed by atoms with Crippen molar-refractivity contribution in [2.75, 3.05) is 13.1 Å². The van der Waals surface area contributed by atoms with Gasteiger partial charge in [-0.15, -0.1) is 24.0 Å². The van der Waals surface area contributed by atoms with Crippen LogP contribution in [0.2, 0.25) is 0 Å². The smallest absolute Gasteiger partial charge is 0.191 e. The van der Waals surface area contributed by atoms with Crippen molar-refractivity contribution in [3.63, 3.8) is 0 Å². The number of pyridine rings is 1. The van der Waals surface area contributed by atoms with Gasteiger partial charge in [-0.1, -0.05) is 19.4 Å². The number of halogens is 1. The van der Waals surface area contributed by atoms with Crippen LogP contribution >= 0.6 is 24.0 Å². The molecule has 138 valence electrons. The molecule has 0 unspecified atom stereocenters. The Morgan fingerprint density at radius 3 is 2.68 bits per heavy atom. The first-order chi connectivity index (χ1) is 11.7. The number of nitrogens with one attached hydrogen (secondary N) is 2. The van der Waals surface area contributed by atoms with Gasteiger partial charge in [-0.25, -0.2) is 9.98 Å². The number of hydrogen-bond donors (Lipinski definition) is 2. The molecule has 0 saturated heterocycles. The maximum absolute atomic E-state index is 4.72. The van der Waals surface area contributed by atoms with E-state index in [9.17, 15) is 0 Å². The highest BCUT2D eigenvalue weighted by molar-refractivity contribution is 14.0. The average molecular weight is 455 g/mol. The van der Waals surface area contributed by atoms with Gasteiger partial charge in [-0.2, -0.15) is 0 Å². The second-order valence-electron chi connectivity index (χ2n) is 6.88. The molecule has 1 aliphatic rings. The summed E-state index contributed by atoms with van der Waals surface area (Å²) in [7, 11) is 0. The number of aliphatic imine (C=N–C) groups is 1. The summed E-state index contributed by atoms with van der Waals surface area (Å²) in [5, 5.41) is 6.88. The summed E-state index contributed by atoms with van der Waals surface area (Å²) in [4.78, 5) is 9.38. The Kier molecular flexibility index (Phi) is 7.10. The van der Waals surface area contributed by atoms with Crippen molar-refractivity contribution >= 4 is 35.6 Å². The van der Waals surface area contributed by atoms with E-state index in [-0.39, 0.29) is 24.0 Å². The van der Waals surface area contributed by atoms with E-state index in [0.29, 0.717) is 12.0 Å².